The Morgan fingerprint density at radius 3 is 1.27 bits per heavy atom. The highest BCUT2D eigenvalue weighted by molar-refractivity contribution is 5.45. The molecule has 2 heteroatoms. The van der Waals surface area contributed by atoms with Crippen LogP contribution in [0.1, 0.15) is 64.6 Å². The monoisotopic (exact) mass is 536 g/mol. The second-order valence-electron chi connectivity index (χ2n) is 11.9. The van der Waals surface area contributed by atoms with Crippen LogP contribution in [0.5, 0.6) is 0 Å². The standard InChI is InChI=1S/C39H40N2/c40-37-18-10-32(11-19-37)27-30-6-14-35(15-7-30)39(24-22-34(23-25-39)26-29-4-2-1-3-5-29)36-16-8-31(9-17-36)28-33-12-20-38(41)21-13-33/h1-21,34H,22-28,40-41H2. The van der Waals surface area contributed by atoms with Crippen molar-refractivity contribution in [1.82, 2.24) is 0 Å². The van der Waals surface area contributed by atoms with Gasteiger partial charge in [0.2, 0.25) is 0 Å². The van der Waals surface area contributed by atoms with E-state index in [0.29, 0.717) is 0 Å². The summed E-state index contributed by atoms with van der Waals surface area (Å²) < 4.78 is 0. The number of hydrogen-bond donors (Lipinski definition) is 2. The van der Waals surface area contributed by atoms with Gasteiger partial charge in [0.15, 0.2) is 0 Å². The first-order valence-electron chi connectivity index (χ1n) is 15.0. The average Bonchev–Trinajstić information content (AvgIpc) is 3.01. The summed E-state index contributed by atoms with van der Waals surface area (Å²) in [6.45, 7) is 0. The van der Waals surface area contributed by atoms with Crippen LogP contribution in [-0.2, 0) is 24.7 Å². The Bertz CT molecular complexity index is 1430. The van der Waals surface area contributed by atoms with E-state index in [9.17, 15) is 0 Å². The molecule has 0 amide bonds. The molecule has 0 aromatic heterocycles. The van der Waals surface area contributed by atoms with Crippen LogP contribution in [0.4, 0.5) is 11.4 Å². The Morgan fingerprint density at radius 1 is 0.463 bits per heavy atom. The number of anilines is 2. The first kappa shape index (κ1) is 26.9. The molecule has 4 N–H and O–H groups in total. The summed E-state index contributed by atoms with van der Waals surface area (Å²) in [5.41, 5.74) is 23.1. The molecule has 206 valence electrons. The van der Waals surface area contributed by atoms with E-state index >= 15 is 0 Å². The van der Waals surface area contributed by atoms with Gasteiger partial charge in [-0.25, -0.2) is 0 Å². The van der Waals surface area contributed by atoms with Crippen LogP contribution in [0.2, 0.25) is 0 Å². The minimum Gasteiger partial charge on any atom is -0.399 e. The topological polar surface area (TPSA) is 52.0 Å². The zero-order valence-corrected chi connectivity index (χ0v) is 23.8. The van der Waals surface area contributed by atoms with E-state index in [1.54, 1.807) is 0 Å². The highest BCUT2D eigenvalue weighted by Gasteiger charge is 2.38. The average molecular weight is 537 g/mol. The lowest BCUT2D eigenvalue weighted by molar-refractivity contribution is 0.264. The summed E-state index contributed by atoms with van der Waals surface area (Å²) in [6, 6.07) is 46.4. The van der Waals surface area contributed by atoms with Gasteiger partial charge in [0.25, 0.3) is 0 Å². The molecule has 6 rings (SSSR count). The largest absolute Gasteiger partial charge is 0.399 e. The van der Waals surface area contributed by atoms with Crippen LogP contribution < -0.4 is 11.5 Å². The highest BCUT2D eigenvalue weighted by Crippen LogP contribution is 2.47. The first-order valence-corrected chi connectivity index (χ1v) is 15.0. The van der Waals surface area contributed by atoms with Gasteiger partial charge < -0.3 is 11.5 Å². The molecule has 0 saturated heterocycles. The van der Waals surface area contributed by atoms with E-state index in [1.807, 2.05) is 24.3 Å². The van der Waals surface area contributed by atoms with Gasteiger partial charge in [-0.2, -0.15) is 0 Å². The van der Waals surface area contributed by atoms with E-state index < -0.39 is 0 Å². The summed E-state index contributed by atoms with van der Waals surface area (Å²) in [5.74, 6) is 0.736. The van der Waals surface area contributed by atoms with Crippen molar-refractivity contribution in [3.63, 3.8) is 0 Å². The number of rotatable bonds is 8. The number of benzene rings is 5. The zero-order valence-electron chi connectivity index (χ0n) is 23.8. The lowest BCUT2D eigenvalue weighted by atomic mass is 9.62. The summed E-state index contributed by atoms with van der Waals surface area (Å²) in [4.78, 5) is 0. The minimum atomic E-state index is 0.0483. The fraction of sp³-hybridized carbons (Fsp3) is 0.231. The van der Waals surface area contributed by atoms with Gasteiger partial charge in [-0.05, 0) is 114 Å². The van der Waals surface area contributed by atoms with Crippen molar-refractivity contribution in [2.45, 2.75) is 50.4 Å². The molecule has 1 aliphatic rings. The maximum absolute atomic E-state index is 5.89. The quantitative estimate of drug-likeness (QED) is 0.195. The third-order valence-electron chi connectivity index (χ3n) is 9.11. The van der Waals surface area contributed by atoms with Crippen molar-refractivity contribution in [3.05, 3.63) is 166 Å². The van der Waals surface area contributed by atoms with E-state index in [4.69, 9.17) is 11.5 Å². The molecular weight excluding hydrogens is 496 g/mol. The lowest BCUT2D eigenvalue weighted by Gasteiger charge is -2.42. The van der Waals surface area contributed by atoms with Gasteiger partial charge in [0.1, 0.15) is 0 Å². The third kappa shape index (κ3) is 6.38. The molecule has 5 aromatic rings. The molecular formula is C39H40N2. The normalized spacial score (nSPS) is 15.0. The van der Waals surface area contributed by atoms with Gasteiger partial charge in [-0.1, -0.05) is 103 Å². The Hall–Kier alpha value is -4.30. The fourth-order valence-corrected chi connectivity index (χ4v) is 6.69. The molecule has 1 aliphatic carbocycles. The van der Waals surface area contributed by atoms with Crippen LogP contribution in [0.15, 0.2) is 127 Å². The van der Waals surface area contributed by atoms with E-state index in [1.165, 1.54) is 71.0 Å². The van der Waals surface area contributed by atoms with Crippen LogP contribution in [-0.4, -0.2) is 0 Å². The summed E-state index contributed by atoms with van der Waals surface area (Å²) in [6.07, 6.45) is 7.87. The third-order valence-corrected chi connectivity index (χ3v) is 9.11. The summed E-state index contributed by atoms with van der Waals surface area (Å²) in [5, 5.41) is 0. The summed E-state index contributed by atoms with van der Waals surface area (Å²) in [7, 11) is 0. The molecule has 0 bridgehead atoms. The Morgan fingerprint density at radius 2 is 0.854 bits per heavy atom. The van der Waals surface area contributed by atoms with E-state index in [0.717, 1.165) is 30.1 Å². The zero-order chi connectivity index (χ0) is 28.1. The predicted molar refractivity (Wildman–Crippen MR) is 173 cm³/mol. The molecule has 0 radical (unpaired) electrons. The summed E-state index contributed by atoms with van der Waals surface area (Å²) >= 11 is 0. The second-order valence-corrected chi connectivity index (χ2v) is 11.9. The van der Waals surface area contributed by atoms with E-state index in [-0.39, 0.29) is 5.41 Å². The van der Waals surface area contributed by atoms with Gasteiger partial charge in [0, 0.05) is 16.8 Å². The molecule has 1 fully saturated rings. The van der Waals surface area contributed by atoms with Crippen molar-refractivity contribution < 1.29 is 0 Å². The van der Waals surface area contributed by atoms with Gasteiger partial charge >= 0.3 is 0 Å². The Kier molecular flexibility index (Phi) is 7.91. The molecule has 41 heavy (non-hydrogen) atoms. The van der Waals surface area contributed by atoms with E-state index in [2.05, 4.69) is 103 Å². The first-order chi connectivity index (χ1) is 20.1. The molecule has 2 nitrogen and oxygen atoms in total. The van der Waals surface area contributed by atoms with Crippen LogP contribution in [0, 0.1) is 5.92 Å². The predicted octanol–water partition coefficient (Wildman–Crippen LogP) is 8.75. The lowest BCUT2D eigenvalue weighted by Crippen LogP contribution is -2.33. The van der Waals surface area contributed by atoms with Gasteiger partial charge in [-0.15, -0.1) is 0 Å². The number of hydrogen-bond acceptors (Lipinski definition) is 2. The molecule has 0 aliphatic heterocycles. The van der Waals surface area contributed by atoms with Crippen LogP contribution >= 0.6 is 0 Å². The molecule has 0 spiro atoms. The van der Waals surface area contributed by atoms with Gasteiger partial charge in [0.05, 0.1) is 0 Å². The van der Waals surface area contributed by atoms with Crippen molar-refractivity contribution in [2.24, 2.45) is 5.92 Å². The molecule has 5 aromatic carbocycles. The Labute approximate surface area is 245 Å². The number of nitrogens with two attached hydrogens (primary N) is 2. The maximum Gasteiger partial charge on any atom is 0.0314 e. The maximum atomic E-state index is 5.89. The number of nitrogen functional groups attached to an aromatic ring is 2. The molecule has 0 heterocycles. The molecule has 0 unspecified atom stereocenters. The van der Waals surface area contributed by atoms with Crippen molar-refractivity contribution >= 4 is 11.4 Å². The highest BCUT2D eigenvalue weighted by atomic mass is 14.5. The minimum absolute atomic E-state index is 0.0483. The fourth-order valence-electron chi connectivity index (χ4n) is 6.69. The van der Waals surface area contributed by atoms with Crippen LogP contribution in [0.25, 0.3) is 0 Å². The van der Waals surface area contributed by atoms with Crippen LogP contribution in [0.3, 0.4) is 0 Å². The van der Waals surface area contributed by atoms with Crippen molar-refractivity contribution in [3.8, 4) is 0 Å². The smallest absolute Gasteiger partial charge is 0.0314 e. The Balaban J connectivity index is 1.24. The molecule has 1 saturated carbocycles. The second kappa shape index (κ2) is 12.1. The SMILES string of the molecule is Nc1ccc(Cc2ccc(C3(c4ccc(Cc5ccc(N)cc5)cc4)CCC(Cc4ccccc4)CC3)cc2)cc1. The molecule has 0 atom stereocenters. The van der Waals surface area contributed by atoms with Crippen molar-refractivity contribution in [1.29, 1.82) is 0 Å². The van der Waals surface area contributed by atoms with Crippen molar-refractivity contribution in [2.75, 3.05) is 11.5 Å². The van der Waals surface area contributed by atoms with Gasteiger partial charge in [-0.3, -0.25) is 0 Å².